The molecule has 0 fully saturated rings. The van der Waals surface area contributed by atoms with Crippen molar-refractivity contribution in [1.29, 1.82) is 5.26 Å². The predicted octanol–water partition coefficient (Wildman–Crippen LogP) is 2.65. The van der Waals surface area contributed by atoms with E-state index < -0.39 is 0 Å². The molecule has 0 spiro atoms. The molecule has 0 heterocycles. The zero-order valence-corrected chi connectivity index (χ0v) is 10.9. The maximum absolute atomic E-state index is 9.15. The molecule has 0 saturated carbocycles. The van der Waals surface area contributed by atoms with Gasteiger partial charge in [0.15, 0.2) is 0 Å². The number of hydrogen-bond acceptors (Lipinski definition) is 3. The van der Waals surface area contributed by atoms with Crippen LogP contribution in [-0.2, 0) is 0 Å². The van der Waals surface area contributed by atoms with Crippen molar-refractivity contribution < 1.29 is 4.74 Å². The molecule has 0 aromatic heterocycles. The van der Waals surface area contributed by atoms with Gasteiger partial charge in [0.05, 0.1) is 19.1 Å². The Kier molecular flexibility index (Phi) is 4.99. The molecule has 0 amide bonds. The normalized spacial score (nSPS) is 12.2. The summed E-state index contributed by atoms with van der Waals surface area (Å²) in [6.45, 7) is 4.92. The van der Waals surface area contributed by atoms with Gasteiger partial charge in [0.1, 0.15) is 5.75 Å². The van der Waals surface area contributed by atoms with Gasteiger partial charge in [-0.25, -0.2) is 0 Å². The van der Waals surface area contributed by atoms with Gasteiger partial charge in [-0.05, 0) is 30.2 Å². The summed E-state index contributed by atoms with van der Waals surface area (Å²) in [5, 5.41) is 12.2. The van der Waals surface area contributed by atoms with E-state index >= 15 is 0 Å². The molecule has 0 radical (unpaired) electrons. The van der Waals surface area contributed by atoms with Gasteiger partial charge in [-0.1, -0.05) is 26.0 Å². The van der Waals surface area contributed by atoms with E-state index in [0.29, 0.717) is 12.5 Å². The Balaban J connectivity index is 3.11. The molecule has 1 rings (SSSR count). The first-order chi connectivity index (χ1) is 8.13. The van der Waals surface area contributed by atoms with Crippen LogP contribution in [0.25, 0.3) is 0 Å². The Bertz CT molecular complexity index is 407. The Labute approximate surface area is 103 Å². The molecule has 3 nitrogen and oxygen atoms in total. The van der Waals surface area contributed by atoms with Gasteiger partial charge in [-0.3, -0.25) is 0 Å². The first-order valence-corrected chi connectivity index (χ1v) is 5.86. The maximum Gasteiger partial charge on any atom is 0.122 e. The van der Waals surface area contributed by atoms with Crippen LogP contribution in [0, 0.1) is 11.3 Å². The molecule has 1 aromatic carbocycles. The molecule has 0 aliphatic carbocycles. The lowest BCUT2D eigenvalue weighted by atomic mass is 9.93. The van der Waals surface area contributed by atoms with Crippen molar-refractivity contribution in [3.63, 3.8) is 0 Å². The highest BCUT2D eigenvalue weighted by atomic mass is 16.5. The minimum absolute atomic E-state index is 0.108. The van der Waals surface area contributed by atoms with Crippen LogP contribution in [0.5, 0.6) is 5.75 Å². The van der Waals surface area contributed by atoms with Crippen LogP contribution in [0.15, 0.2) is 18.2 Å². The monoisotopic (exact) mass is 232 g/mol. The number of nitrogens with zero attached hydrogens (tertiary/aromatic N) is 1. The van der Waals surface area contributed by atoms with Crippen molar-refractivity contribution in [3.8, 4) is 11.8 Å². The molecular formula is C14H20N2O. The number of hydrogen-bond donors (Lipinski definition) is 1. The first-order valence-electron chi connectivity index (χ1n) is 5.86. The Morgan fingerprint density at radius 3 is 2.59 bits per heavy atom. The molecular weight excluding hydrogens is 212 g/mol. The fraction of sp³-hybridized carbons (Fsp3) is 0.500. The minimum Gasteiger partial charge on any atom is -0.496 e. The van der Waals surface area contributed by atoms with Crippen molar-refractivity contribution in [2.75, 3.05) is 20.7 Å². The zero-order chi connectivity index (χ0) is 12.8. The average molecular weight is 232 g/mol. The second kappa shape index (κ2) is 6.27. The van der Waals surface area contributed by atoms with E-state index in [0.717, 1.165) is 16.9 Å². The summed E-state index contributed by atoms with van der Waals surface area (Å²) in [5.41, 5.74) is 2.20. The summed E-state index contributed by atoms with van der Waals surface area (Å²) < 4.78 is 5.34. The van der Waals surface area contributed by atoms with Crippen molar-refractivity contribution >= 4 is 0 Å². The third kappa shape index (κ3) is 3.21. The summed E-state index contributed by atoms with van der Waals surface area (Å²) >= 11 is 0. The lowest BCUT2D eigenvalue weighted by molar-refractivity contribution is 0.407. The van der Waals surface area contributed by atoms with E-state index in [1.165, 1.54) is 0 Å². The molecule has 0 bridgehead atoms. The van der Waals surface area contributed by atoms with Crippen LogP contribution in [-0.4, -0.2) is 20.7 Å². The number of ether oxygens (including phenoxy) is 1. The molecule has 17 heavy (non-hydrogen) atoms. The van der Waals surface area contributed by atoms with Gasteiger partial charge in [-0.2, -0.15) is 5.26 Å². The second-order valence-electron chi connectivity index (χ2n) is 4.40. The standard InChI is InChI=1S/C14H20N2O/c1-10(2)13-7-11(5-6-14(13)17-4)12(8-15)9-16-3/h5-7,10,12,16H,9H2,1-4H3. The number of likely N-dealkylation sites (N-methyl/N-ethyl adjacent to an activating group) is 1. The fourth-order valence-electron chi connectivity index (χ4n) is 1.86. The molecule has 0 saturated heterocycles. The highest BCUT2D eigenvalue weighted by Gasteiger charge is 2.14. The summed E-state index contributed by atoms with van der Waals surface area (Å²) in [6, 6.07) is 8.31. The lowest BCUT2D eigenvalue weighted by Crippen LogP contribution is -2.16. The molecule has 1 unspecified atom stereocenters. The van der Waals surface area contributed by atoms with Crippen LogP contribution in [0.1, 0.15) is 36.8 Å². The van der Waals surface area contributed by atoms with Crippen molar-refractivity contribution in [1.82, 2.24) is 5.32 Å². The molecule has 92 valence electrons. The number of methoxy groups -OCH3 is 1. The third-order valence-electron chi connectivity index (χ3n) is 2.84. The number of benzene rings is 1. The zero-order valence-electron chi connectivity index (χ0n) is 10.9. The summed E-state index contributed by atoms with van der Waals surface area (Å²) in [7, 11) is 3.54. The third-order valence-corrected chi connectivity index (χ3v) is 2.84. The molecule has 0 aliphatic heterocycles. The second-order valence-corrected chi connectivity index (χ2v) is 4.40. The van der Waals surface area contributed by atoms with Crippen molar-refractivity contribution in [3.05, 3.63) is 29.3 Å². The van der Waals surface area contributed by atoms with Crippen LogP contribution in [0.2, 0.25) is 0 Å². The topological polar surface area (TPSA) is 45.0 Å². The van der Waals surface area contributed by atoms with Crippen molar-refractivity contribution in [2.24, 2.45) is 0 Å². The Morgan fingerprint density at radius 2 is 2.12 bits per heavy atom. The van der Waals surface area contributed by atoms with Gasteiger partial charge in [-0.15, -0.1) is 0 Å². The maximum atomic E-state index is 9.15. The summed E-state index contributed by atoms with van der Waals surface area (Å²) in [4.78, 5) is 0. The van der Waals surface area contributed by atoms with Crippen LogP contribution in [0.3, 0.4) is 0 Å². The van der Waals surface area contributed by atoms with Gasteiger partial charge in [0, 0.05) is 6.54 Å². The SMILES string of the molecule is CNCC(C#N)c1ccc(OC)c(C(C)C)c1. The fourth-order valence-corrected chi connectivity index (χ4v) is 1.86. The van der Waals surface area contributed by atoms with Crippen LogP contribution >= 0.6 is 0 Å². The van der Waals surface area contributed by atoms with Crippen molar-refractivity contribution in [2.45, 2.75) is 25.7 Å². The number of rotatable bonds is 5. The van der Waals surface area contributed by atoms with E-state index in [2.05, 4.69) is 31.3 Å². The number of nitrogens with one attached hydrogen (secondary N) is 1. The highest BCUT2D eigenvalue weighted by molar-refractivity contribution is 5.41. The Hall–Kier alpha value is -1.53. The van der Waals surface area contributed by atoms with Gasteiger partial charge in [0.25, 0.3) is 0 Å². The first kappa shape index (κ1) is 13.5. The van der Waals surface area contributed by atoms with E-state index in [1.54, 1.807) is 7.11 Å². The molecule has 1 atom stereocenters. The quantitative estimate of drug-likeness (QED) is 0.848. The largest absolute Gasteiger partial charge is 0.496 e. The molecule has 1 aromatic rings. The lowest BCUT2D eigenvalue weighted by Gasteiger charge is -2.15. The Morgan fingerprint density at radius 1 is 1.41 bits per heavy atom. The van der Waals surface area contributed by atoms with E-state index in [9.17, 15) is 0 Å². The minimum atomic E-state index is -0.108. The van der Waals surface area contributed by atoms with Gasteiger partial charge < -0.3 is 10.1 Å². The molecule has 0 aliphatic rings. The molecule has 3 heteroatoms. The van der Waals surface area contributed by atoms with Crippen LogP contribution in [0.4, 0.5) is 0 Å². The summed E-state index contributed by atoms with van der Waals surface area (Å²) in [6.07, 6.45) is 0. The average Bonchev–Trinajstić information content (AvgIpc) is 2.35. The van der Waals surface area contributed by atoms with Gasteiger partial charge in [0.2, 0.25) is 0 Å². The predicted molar refractivity (Wildman–Crippen MR) is 69.4 cm³/mol. The van der Waals surface area contributed by atoms with E-state index in [1.807, 2.05) is 19.2 Å². The van der Waals surface area contributed by atoms with Crippen LogP contribution < -0.4 is 10.1 Å². The highest BCUT2D eigenvalue weighted by Crippen LogP contribution is 2.29. The smallest absolute Gasteiger partial charge is 0.122 e. The summed E-state index contributed by atoms with van der Waals surface area (Å²) in [5.74, 6) is 1.17. The number of nitriles is 1. The van der Waals surface area contributed by atoms with E-state index in [4.69, 9.17) is 10.00 Å². The molecule has 1 N–H and O–H groups in total. The van der Waals surface area contributed by atoms with E-state index in [-0.39, 0.29) is 5.92 Å². The van der Waals surface area contributed by atoms with Gasteiger partial charge >= 0.3 is 0 Å².